The van der Waals surface area contributed by atoms with Crippen LogP contribution in [0.4, 0.5) is 17.1 Å². The summed E-state index contributed by atoms with van der Waals surface area (Å²) in [6.45, 7) is 0. The predicted molar refractivity (Wildman–Crippen MR) is 272 cm³/mol. The number of rotatable bonds is 8. The van der Waals surface area contributed by atoms with E-state index < -0.39 is 0 Å². The van der Waals surface area contributed by atoms with E-state index in [1.54, 1.807) is 0 Å². The Balaban J connectivity index is 1.00. The lowest BCUT2D eigenvalue weighted by atomic mass is 9.94. The summed E-state index contributed by atoms with van der Waals surface area (Å²) in [5, 5.41) is 7.57. The van der Waals surface area contributed by atoms with Gasteiger partial charge in [0.2, 0.25) is 0 Å². The average molecular weight is 815 g/mol. The lowest BCUT2D eigenvalue weighted by Crippen LogP contribution is -2.12. The Bertz CT molecular complexity index is 3660. The molecule has 12 rings (SSSR count). The molecule has 0 radical (unpaired) electrons. The van der Waals surface area contributed by atoms with E-state index in [0.717, 1.165) is 33.9 Å². The highest BCUT2D eigenvalue weighted by Gasteiger charge is 2.22. The second-order valence-electron chi connectivity index (χ2n) is 16.5. The number of anilines is 3. The van der Waals surface area contributed by atoms with Crippen LogP contribution in [0.3, 0.4) is 0 Å². The number of hydrogen-bond donors (Lipinski definition) is 0. The van der Waals surface area contributed by atoms with E-state index in [-0.39, 0.29) is 0 Å². The molecule has 2 nitrogen and oxygen atoms in total. The summed E-state index contributed by atoms with van der Waals surface area (Å²) >= 11 is 0. The summed E-state index contributed by atoms with van der Waals surface area (Å²) in [5.41, 5.74) is 16.3. The van der Waals surface area contributed by atoms with E-state index in [0.29, 0.717) is 0 Å². The first-order valence-corrected chi connectivity index (χ1v) is 22.0. The second kappa shape index (κ2) is 15.8. The van der Waals surface area contributed by atoms with E-state index in [4.69, 9.17) is 0 Å². The number of fused-ring (bicyclic) bond motifs is 6. The van der Waals surface area contributed by atoms with Gasteiger partial charge in [-0.25, -0.2) is 0 Å². The maximum atomic E-state index is 2.44. The third kappa shape index (κ3) is 6.44. The van der Waals surface area contributed by atoms with Crippen LogP contribution in [-0.2, 0) is 0 Å². The van der Waals surface area contributed by atoms with Gasteiger partial charge in [-0.15, -0.1) is 0 Å². The van der Waals surface area contributed by atoms with Crippen LogP contribution in [0.15, 0.2) is 255 Å². The van der Waals surface area contributed by atoms with Gasteiger partial charge in [-0.2, -0.15) is 0 Å². The van der Waals surface area contributed by atoms with Crippen LogP contribution in [0, 0.1) is 0 Å². The largest absolute Gasteiger partial charge is 0.309 e. The first-order chi connectivity index (χ1) is 31.8. The smallest absolute Gasteiger partial charge is 0.0547 e. The highest BCUT2D eigenvalue weighted by molar-refractivity contribution is 6.16. The molecule has 0 amide bonds. The third-order valence-electron chi connectivity index (χ3n) is 12.8. The highest BCUT2D eigenvalue weighted by atomic mass is 15.1. The first kappa shape index (κ1) is 37.3. The molecule has 0 aliphatic heterocycles. The number of hydrogen-bond acceptors (Lipinski definition) is 1. The zero-order valence-corrected chi connectivity index (χ0v) is 35.1. The van der Waals surface area contributed by atoms with Crippen LogP contribution in [-0.4, -0.2) is 4.57 Å². The number of benzene rings is 11. The number of para-hydroxylation sites is 4. The molecular formula is C62H42N2. The van der Waals surface area contributed by atoms with Gasteiger partial charge in [0, 0.05) is 33.3 Å². The van der Waals surface area contributed by atoms with Crippen molar-refractivity contribution in [3.63, 3.8) is 0 Å². The van der Waals surface area contributed by atoms with Crippen LogP contribution >= 0.6 is 0 Å². The van der Waals surface area contributed by atoms with Crippen molar-refractivity contribution in [1.29, 1.82) is 0 Å². The molecule has 0 N–H and O–H groups in total. The van der Waals surface area contributed by atoms with Crippen LogP contribution in [0.1, 0.15) is 0 Å². The Hall–Kier alpha value is -8.46. The highest BCUT2D eigenvalue weighted by Crippen LogP contribution is 2.46. The maximum Gasteiger partial charge on any atom is 0.0547 e. The van der Waals surface area contributed by atoms with Gasteiger partial charge in [-0.05, 0) is 116 Å². The molecule has 0 atom stereocenters. The summed E-state index contributed by atoms with van der Waals surface area (Å²) in [7, 11) is 0. The van der Waals surface area contributed by atoms with Crippen LogP contribution in [0.5, 0.6) is 0 Å². The van der Waals surface area contributed by atoms with Crippen molar-refractivity contribution < 1.29 is 0 Å². The maximum absolute atomic E-state index is 2.44. The van der Waals surface area contributed by atoms with Crippen molar-refractivity contribution in [3.8, 4) is 50.2 Å². The first-order valence-electron chi connectivity index (χ1n) is 22.0. The minimum absolute atomic E-state index is 1.08. The monoisotopic (exact) mass is 814 g/mol. The van der Waals surface area contributed by atoms with Gasteiger partial charge < -0.3 is 9.47 Å². The minimum Gasteiger partial charge on any atom is -0.309 e. The number of nitrogens with zero attached hydrogens (tertiary/aromatic N) is 2. The van der Waals surface area contributed by atoms with E-state index in [1.807, 2.05) is 0 Å². The van der Waals surface area contributed by atoms with E-state index in [2.05, 4.69) is 264 Å². The minimum atomic E-state index is 1.08. The summed E-state index contributed by atoms with van der Waals surface area (Å²) in [4.78, 5) is 2.44. The fourth-order valence-corrected chi connectivity index (χ4v) is 9.82. The van der Waals surface area contributed by atoms with Gasteiger partial charge >= 0.3 is 0 Å². The Morgan fingerprint density at radius 1 is 0.281 bits per heavy atom. The SMILES string of the molecule is c1ccc(-c2ccccc2N(c2ccc(-c3ccc4c(ccc5ccccc54)c3)cc2)c2ccccc2-c2cccc(-c3cccc4c3c3ccccc3n4-c3ccccc3)c2)cc1. The quantitative estimate of drug-likeness (QED) is 0.139. The van der Waals surface area contributed by atoms with Gasteiger partial charge in [-0.1, -0.05) is 194 Å². The zero-order chi connectivity index (χ0) is 42.4. The Labute approximate surface area is 373 Å². The normalized spacial score (nSPS) is 11.4. The van der Waals surface area contributed by atoms with Crippen molar-refractivity contribution in [1.82, 2.24) is 4.57 Å². The van der Waals surface area contributed by atoms with Gasteiger partial charge in [0.15, 0.2) is 0 Å². The van der Waals surface area contributed by atoms with Crippen molar-refractivity contribution in [2.45, 2.75) is 0 Å². The molecule has 1 heterocycles. The molecule has 0 saturated carbocycles. The summed E-state index contributed by atoms with van der Waals surface area (Å²) in [6.07, 6.45) is 0. The van der Waals surface area contributed by atoms with Gasteiger partial charge in [0.1, 0.15) is 0 Å². The molecule has 1 aromatic heterocycles. The Kier molecular flexibility index (Phi) is 9.20. The number of aromatic nitrogens is 1. The fourth-order valence-electron chi connectivity index (χ4n) is 9.82. The molecule has 300 valence electrons. The molecule has 2 heteroatoms. The molecule has 0 spiro atoms. The lowest BCUT2D eigenvalue weighted by molar-refractivity contribution is 1.18. The predicted octanol–water partition coefficient (Wildman–Crippen LogP) is 17.2. The van der Waals surface area contributed by atoms with E-state index >= 15 is 0 Å². The van der Waals surface area contributed by atoms with Crippen molar-refractivity contribution in [3.05, 3.63) is 255 Å². The van der Waals surface area contributed by atoms with Crippen molar-refractivity contribution in [2.24, 2.45) is 0 Å². The standard InChI is InChI=1S/C62H42N2/c1-3-17-44(18-4-1)54-25-9-12-29-58(54)63(51-38-35-43(36-39-51)46-37-40-53-49(41-46)34-33-45-19-7-8-24-52(45)53)59-30-13-10-26-55(59)47-20-15-21-48(42-47)56-28-16-32-61-62(56)57-27-11-14-31-60(57)64(61)50-22-5-2-6-23-50/h1-42H. The van der Waals surface area contributed by atoms with Gasteiger partial charge in [0.25, 0.3) is 0 Å². The van der Waals surface area contributed by atoms with Crippen LogP contribution in [0.2, 0.25) is 0 Å². The van der Waals surface area contributed by atoms with E-state index in [1.165, 1.54) is 76.7 Å². The molecule has 0 aliphatic rings. The molecule has 11 aromatic carbocycles. The molecule has 0 aliphatic carbocycles. The molecule has 0 bridgehead atoms. The molecular weight excluding hydrogens is 773 g/mol. The van der Waals surface area contributed by atoms with Crippen LogP contribution in [0.25, 0.3) is 93.5 Å². The van der Waals surface area contributed by atoms with Gasteiger partial charge in [-0.3, -0.25) is 0 Å². The summed E-state index contributed by atoms with van der Waals surface area (Å²) in [6, 6.07) is 92.7. The van der Waals surface area contributed by atoms with Gasteiger partial charge in [0.05, 0.1) is 22.4 Å². The molecule has 0 fully saturated rings. The van der Waals surface area contributed by atoms with Crippen molar-refractivity contribution >= 4 is 60.4 Å². The summed E-state index contributed by atoms with van der Waals surface area (Å²) in [5.74, 6) is 0. The fraction of sp³-hybridized carbons (Fsp3) is 0. The molecule has 64 heavy (non-hydrogen) atoms. The molecule has 0 unspecified atom stereocenters. The molecule has 0 saturated heterocycles. The molecule has 12 aromatic rings. The lowest BCUT2D eigenvalue weighted by Gasteiger charge is -2.30. The van der Waals surface area contributed by atoms with E-state index in [9.17, 15) is 0 Å². The topological polar surface area (TPSA) is 8.17 Å². The zero-order valence-electron chi connectivity index (χ0n) is 35.1. The Morgan fingerprint density at radius 2 is 0.812 bits per heavy atom. The second-order valence-corrected chi connectivity index (χ2v) is 16.5. The van der Waals surface area contributed by atoms with Crippen molar-refractivity contribution in [2.75, 3.05) is 4.90 Å². The Morgan fingerprint density at radius 3 is 1.59 bits per heavy atom. The van der Waals surface area contributed by atoms with Crippen LogP contribution < -0.4 is 4.90 Å². The average Bonchev–Trinajstić information content (AvgIpc) is 3.72. The summed E-state index contributed by atoms with van der Waals surface area (Å²) < 4.78 is 2.39. The third-order valence-corrected chi connectivity index (χ3v) is 12.8.